The van der Waals surface area contributed by atoms with Gasteiger partial charge in [-0.2, -0.15) is 0 Å². The SMILES string of the molecule is CCc1nc2c(nc1CC)-c1cccc3cccc-2c13. The van der Waals surface area contributed by atoms with Gasteiger partial charge in [0, 0.05) is 16.5 Å². The molecule has 4 rings (SSSR count). The van der Waals surface area contributed by atoms with E-state index in [9.17, 15) is 0 Å². The normalized spacial score (nSPS) is 11.9. The molecule has 0 saturated heterocycles. The smallest absolute Gasteiger partial charge is 0.0975 e. The Morgan fingerprint density at radius 3 is 1.70 bits per heavy atom. The molecule has 0 aliphatic heterocycles. The minimum Gasteiger partial charge on any atom is -0.249 e. The first-order valence-corrected chi connectivity index (χ1v) is 7.25. The van der Waals surface area contributed by atoms with Crippen molar-refractivity contribution in [3.05, 3.63) is 47.8 Å². The van der Waals surface area contributed by atoms with E-state index >= 15 is 0 Å². The summed E-state index contributed by atoms with van der Waals surface area (Å²) in [6, 6.07) is 12.9. The van der Waals surface area contributed by atoms with E-state index in [4.69, 9.17) is 9.97 Å². The van der Waals surface area contributed by atoms with Crippen LogP contribution in [0, 0.1) is 0 Å². The Balaban J connectivity index is 2.13. The number of rotatable bonds is 2. The van der Waals surface area contributed by atoms with Crippen molar-refractivity contribution in [2.45, 2.75) is 26.7 Å². The first-order chi connectivity index (χ1) is 9.83. The van der Waals surface area contributed by atoms with E-state index in [0.717, 1.165) is 35.6 Å². The minimum atomic E-state index is 0.940. The van der Waals surface area contributed by atoms with Gasteiger partial charge in [-0.25, -0.2) is 9.97 Å². The quantitative estimate of drug-likeness (QED) is 0.534. The monoisotopic (exact) mass is 260 g/mol. The molecule has 0 radical (unpaired) electrons. The summed E-state index contributed by atoms with van der Waals surface area (Å²) in [5.41, 5.74) is 6.86. The number of aromatic nitrogens is 2. The molecular weight excluding hydrogens is 244 g/mol. The fourth-order valence-electron chi connectivity index (χ4n) is 3.18. The maximum Gasteiger partial charge on any atom is 0.0975 e. The van der Waals surface area contributed by atoms with Crippen LogP contribution in [0.25, 0.3) is 33.3 Å². The second-order valence-electron chi connectivity index (χ2n) is 5.23. The molecule has 0 fully saturated rings. The molecule has 1 heterocycles. The van der Waals surface area contributed by atoms with Gasteiger partial charge >= 0.3 is 0 Å². The van der Waals surface area contributed by atoms with Crippen molar-refractivity contribution in [2.24, 2.45) is 0 Å². The van der Waals surface area contributed by atoms with Gasteiger partial charge in [0.15, 0.2) is 0 Å². The second kappa shape index (κ2) is 4.14. The van der Waals surface area contributed by atoms with E-state index in [1.54, 1.807) is 0 Å². The van der Waals surface area contributed by atoms with Gasteiger partial charge in [-0.15, -0.1) is 0 Å². The van der Waals surface area contributed by atoms with Crippen LogP contribution in [-0.4, -0.2) is 9.97 Å². The molecule has 20 heavy (non-hydrogen) atoms. The molecule has 0 atom stereocenters. The van der Waals surface area contributed by atoms with Crippen LogP contribution in [0.15, 0.2) is 36.4 Å². The fraction of sp³-hybridized carbons (Fsp3) is 0.222. The highest BCUT2D eigenvalue weighted by molar-refractivity contribution is 6.13. The molecule has 0 saturated carbocycles. The van der Waals surface area contributed by atoms with Gasteiger partial charge in [0.2, 0.25) is 0 Å². The Labute approximate surface area is 118 Å². The zero-order valence-electron chi connectivity index (χ0n) is 11.8. The van der Waals surface area contributed by atoms with Gasteiger partial charge in [-0.3, -0.25) is 0 Å². The number of benzene rings is 2. The number of hydrogen-bond acceptors (Lipinski definition) is 2. The van der Waals surface area contributed by atoms with Crippen molar-refractivity contribution < 1.29 is 0 Å². The molecule has 0 spiro atoms. The Bertz CT molecular complexity index is 768. The topological polar surface area (TPSA) is 25.8 Å². The average Bonchev–Trinajstić information content (AvgIpc) is 2.82. The molecule has 3 aromatic rings. The first kappa shape index (κ1) is 11.6. The Morgan fingerprint density at radius 1 is 0.750 bits per heavy atom. The summed E-state index contributed by atoms with van der Waals surface area (Å²) in [4.78, 5) is 9.84. The van der Waals surface area contributed by atoms with Gasteiger partial charge in [0.1, 0.15) is 0 Å². The van der Waals surface area contributed by atoms with Gasteiger partial charge in [0.05, 0.1) is 22.8 Å². The summed E-state index contributed by atoms with van der Waals surface area (Å²) in [6.45, 7) is 4.30. The lowest BCUT2D eigenvalue weighted by molar-refractivity contribution is 0.913. The number of fused-ring (bicyclic) bond motifs is 3. The maximum absolute atomic E-state index is 4.92. The molecule has 0 bridgehead atoms. The Hall–Kier alpha value is -2.22. The predicted octanol–water partition coefficient (Wildman–Crippen LogP) is 4.40. The van der Waals surface area contributed by atoms with Crippen molar-refractivity contribution in [3.63, 3.8) is 0 Å². The minimum absolute atomic E-state index is 0.940. The molecule has 1 aliphatic carbocycles. The molecule has 2 aromatic carbocycles. The molecule has 2 heteroatoms. The van der Waals surface area contributed by atoms with E-state index in [2.05, 4.69) is 50.2 Å². The van der Waals surface area contributed by atoms with Crippen molar-refractivity contribution in [1.82, 2.24) is 9.97 Å². The summed E-state index contributed by atoms with van der Waals surface area (Å²) in [7, 11) is 0. The fourth-order valence-corrected chi connectivity index (χ4v) is 3.18. The zero-order chi connectivity index (χ0) is 13.7. The van der Waals surface area contributed by atoms with E-state index in [1.165, 1.54) is 21.9 Å². The molecule has 98 valence electrons. The lowest BCUT2D eigenvalue weighted by Gasteiger charge is -2.08. The second-order valence-corrected chi connectivity index (χ2v) is 5.23. The largest absolute Gasteiger partial charge is 0.249 e. The van der Waals surface area contributed by atoms with Crippen LogP contribution in [0.2, 0.25) is 0 Å². The van der Waals surface area contributed by atoms with E-state index < -0.39 is 0 Å². The molecule has 0 unspecified atom stereocenters. The lowest BCUT2D eigenvalue weighted by atomic mass is 10.0. The maximum atomic E-state index is 4.92. The summed E-state index contributed by atoms with van der Waals surface area (Å²) >= 11 is 0. The molecule has 0 amide bonds. The molecular formula is C18H16N2. The number of hydrogen-bond donors (Lipinski definition) is 0. The number of aryl methyl sites for hydroxylation is 2. The summed E-state index contributed by atoms with van der Waals surface area (Å²) in [6.07, 6.45) is 1.88. The van der Waals surface area contributed by atoms with Crippen molar-refractivity contribution in [3.8, 4) is 22.5 Å². The summed E-state index contributed by atoms with van der Waals surface area (Å²) < 4.78 is 0. The van der Waals surface area contributed by atoms with Crippen LogP contribution in [0.1, 0.15) is 25.2 Å². The van der Waals surface area contributed by atoms with Crippen LogP contribution >= 0.6 is 0 Å². The number of nitrogens with zero attached hydrogens (tertiary/aromatic N) is 2. The van der Waals surface area contributed by atoms with Crippen LogP contribution in [0.5, 0.6) is 0 Å². The summed E-state index contributed by atoms with van der Waals surface area (Å²) in [5, 5.41) is 2.58. The van der Waals surface area contributed by atoms with Crippen LogP contribution in [0.3, 0.4) is 0 Å². The highest BCUT2D eigenvalue weighted by Gasteiger charge is 2.24. The molecule has 0 N–H and O–H groups in total. The third-order valence-corrected chi connectivity index (χ3v) is 4.14. The van der Waals surface area contributed by atoms with Crippen molar-refractivity contribution in [1.29, 1.82) is 0 Å². The van der Waals surface area contributed by atoms with E-state index in [-0.39, 0.29) is 0 Å². The van der Waals surface area contributed by atoms with E-state index in [1.807, 2.05) is 0 Å². The van der Waals surface area contributed by atoms with Crippen LogP contribution in [0.4, 0.5) is 0 Å². The summed E-state index contributed by atoms with van der Waals surface area (Å²) in [5.74, 6) is 0. The Morgan fingerprint density at radius 2 is 1.25 bits per heavy atom. The highest BCUT2D eigenvalue weighted by atomic mass is 14.9. The van der Waals surface area contributed by atoms with Gasteiger partial charge in [0.25, 0.3) is 0 Å². The zero-order valence-corrected chi connectivity index (χ0v) is 11.8. The molecule has 2 nitrogen and oxygen atoms in total. The van der Waals surface area contributed by atoms with Crippen LogP contribution in [-0.2, 0) is 12.8 Å². The predicted molar refractivity (Wildman–Crippen MR) is 82.7 cm³/mol. The van der Waals surface area contributed by atoms with Crippen molar-refractivity contribution in [2.75, 3.05) is 0 Å². The standard InChI is InChI=1S/C18H16N2/c1-3-14-15(4-2)20-18-13-10-6-8-11-7-5-9-12(16(11)13)17(18)19-14/h5-10H,3-4H2,1-2H3. The lowest BCUT2D eigenvalue weighted by Crippen LogP contribution is -2.02. The first-order valence-electron chi connectivity index (χ1n) is 7.25. The van der Waals surface area contributed by atoms with Gasteiger partial charge in [-0.05, 0) is 18.2 Å². The Kier molecular flexibility index (Phi) is 2.40. The molecule has 1 aromatic heterocycles. The highest BCUT2D eigenvalue weighted by Crippen LogP contribution is 2.45. The van der Waals surface area contributed by atoms with Gasteiger partial charge in [-0.1, -0.05) is 50.2 Å². The molecule has 1 aliphatic rings. The van der Waals surface area contributed by atoms with E-state index in [0.29, 0.717) is 0 Å². The van der Waals surface area contributed by atoms with Crippen molar-refractivity contribution >= 4 is 10.8 Å². The third-order valence-electron chi connectivity index (χ3n) is 4.14. The van der Waals surface area contributed by atoms with Gasteiger partial charge < -0.3 is 0 Å². The average molecular weight is 260 g/mol. The third kappa shape index (κ3) is 1.39. The van der Waals surface area contributed by atoms with Crippen LogP contribution < -0.4 is 0 Å².